The second kappa shape index (κ2) is 3.90. The van der Waals surface area contributed by atoms with Crippen molar-refractivity contribution in [2.75, 3.05) is 0 Å². The van der Waals surface area contributed by atoms with Crippen LogP contribution in [0.3, 0.4) is 0 Å². The number of nitrogens with one attached hydrogen (secondary N) is 1. The predicted molar refractivity (Wildman–Crippen MR) is 43.7 cm³/mol. The van der Waals surface area contributed by atoms with Crippen LogP contribution in [0.5, 0.6) is 0 Å². The van der Waals surface area contributed by atoms with Crippen molar-refractivity contribution in [1.29, 1.82) is 0 Å². The first-order valence-electron chi connectivity index (χ1n) is 3.94. The maximum Gasteiger partial charge on any atom is 0.256 e. The van der Waals surface area contributed by atoms with Gasteiger partial charge in [0.25, 0.3) is 5.91 Å². The maximum absolute atomic E-state index is 11.3. The molecule has 0 aliphatic carbocycles. The molecule has 0 bridgehead atoms. The van der Waals surface area contributed by atoms with Crippen LogP contribution in [0.1, 0.15) is 30.6 Å². The van der Waals surface area contributed by atoms with Crippen molar-refractivity contribution >= 4 is 5.91 Å². The Kier molecular flexibility index (Phi) is 2.85. The minimum Gasteiger partial charge on any atom is -0.364 e. The second-order valence-electron chi connectivity index (χ2n) is 2.70. The molecule has 0 spiro atoms. The van der Waals surface area contributed by atoms with Gasteiger partial charge in [-0.1, -0.05) is 12.1 Å². The summed E-state index contributed by atoms with van der Waals surface area (Å²) in [5.74, 6) is -0.134. The van der Waals surface area contributed by atoms with Gasteiger partial charge >= 0.3 is 0 Å². The molecule has 1 amide bonds. The molecular formula is C8H12N2O2. The summed E-state index contributed by atoms with van der Waals surface area (Å²) in [6.07, 6.45) is 3.65. The Morgan fingerprint density at radius 2 is 2.58 bits per heavy atom. The molecule has 1 aromatic heterocycles. The first-order valence-corrected chi connectivity index (χ1v) is 3.94. The van der Waals surface area contributed by atoms with Gasteiger partial charge in [-0.15, -0.1) is 0 Å². The van der Waals surface area contributed by atoms with Gasteiger partial charge in [-0.05, 0) is 13.3 Å². The summed E-state index contributed by atoms with van der Waals surface area (Å²) in [4.78, 5) is 11.3. The summed E-state index contributed by atoms with van der Waals surface area (Å²) >= 11 is 0. The molecule has 1 N–H and O–H groups in total. The van der Waals surface area contributed by atoms with E-state index < -0.39 is 0 Å². The van der Waals surface area contributed by atoms with Crippen LogP contribution in [0.2, 0.25) is 0 Å². The van der Waals surface area contributed by atoms with Crippen LogP contribution in [-0.2, 0) is 0 Å². The molecule has 0 saturated heterocycles. The van der Waals surface area contributed by atoms with Gasteiger partial charge in [-0.3, -0.25) is 4.79 Å². The van der Waals surface area contributed by atoms with E-state index in [1.807, 2.05) is 13.8 Å². The number of carbonyl (C=O) groups is 1. The molecule has 4 heteroatoms. The van der Waals surface area contributed by atoms with E-state index >= 15 is 0 Å². The van der Waals surface area contributed by atoms with E-state index in [-0.39, 0.29) is 11.9 Å². The summed E-state index contributed by atoms with van der Waals surface area (Å²) in [7, 11) is 0. The van der Waals surface area contributed by atoms with E-state index in [1.165, 1.54) is 12.5 Å². The minimum absolute atomic E-state index is 0.134. The lowest BCUT2D eigenvalue weighted by Gasteiger charge is -2.08. The van der Waals surface area contributed by atoms with Crippen molar-refractivity contribution in [3.63, 3.8) is 0 Å². The highest BCUT2D eigenvalue weighted by Gasteiger charge is 2.09. The van der Waals surface area contributed by atoms with Gasteiger partial charge in [0.1, 0.15) is 6.26 Å². The summed E-state index contributed by atoms with van der Waals surface area (Å²) in [6, 6.07) is 0.187. The quantitative estimate of drug-likeness (QED) is 0.737. The molecule has 0 saturated carbocycles. The van der Waals surface area contributed by atoms with Crippen LogP contribution in [0.25, 0.3) is 0 Å². The van der Waals surface area contributed by atoms with Crippen molar-refractivity contribution < 1.29 is 9.32 Å². The molecule has 1 heterocycles. The topological polar surface area (TPSA) is 55.1 Å². The Labute approximate surface area is 70.9 Å². The molecule has 0 aromatic carbocycles. The molecule has 4 nitrogen and oxygen atoms in total. The highest BCUT2D eigenvalue weighted by atomic mass is 16.5. The highest BCUT2D eigenvalue weighted by Crippen LogP contribution is 1.97. The molecule has 12 heavy (non-hydrogen) atoms. The number of hydrogen-bond acceptors (Lipinski definition) is 3. The van der Waals surface area contributed by atoms with Gasteiger partial charge in [-0.25, -0.2) is 0 Å². The summed E-state index contributed by atoms with van der Waals surface area (Å²) < 4.78 is 4.54. The maximum atomic E-state index is 11.3. The van der Waals surface area contributed by atoms with E-state index in [0.29, 0.717) is 5.56 Å². The van der Waals surface area contributed by atoms with Gasteiger partial charge in [0, 0.05) is 6.04 Å². The third-order valence-corrected chi connectivity index (χ3v) is 1.68. The zero-order valence-corrected chi connectivity index (χ0v) is 7.20. The minimum atomic E-state index is -0.134. The van der Waals surface area contributed by atoms with Crippen molar-refractivity contribution in [3.05, 3.63) is 18.0 Å². The molecule has 0 aliphatic heterocycles. The number of rotatable bonds is 3. The average molecular weight is 168 g/mol. The fourth-order valence-electron chi connectivity index (χ4n) is 0.726. The second-order valence-corrected chi connectivity index (χ2v) is 2.70. The fraction of sp³-hybridized carbons (Fsp3) is 0.500. The van der Waals surface area contributed by atoms with Crippen molar-refractivity contribution in [1.82, 2.24) is 10.5 Å². The van der Waals surface area contributed by atoms with Gasteiger partial charge < -0.3 is 9.84 Å². The molecule has 0 radical (unpaired) electrons. The Balaban J connectivity index is 2.50. The Bertz CT molecular complexity index is 244. The first kappa shape index (κ1) is 8.77. The SMILES string of the molecule is CCC(C)NC(=O)c1cnoc1. The van der Waals surface area contributed by atoms with Crippen molar-refractivity contribution in [2.45, 2.75) is 26.3 Å². The molecule has 0 aliphatic rings. The zero-order chi connectivity index (χ0) is 8.97. The smallest absolute Gasteiger partial charge is 0.256 e. The molecule has 66 valence electrons. The fourth-order valence-corrected chi connectivity index (χ4v) is 0.726. The Morgan fingerprint density at radius 1 is 1.83 bits per heavy atom. The Hall–Kier alpha value is -1.32. The first-order chi connectivity index (χ1) is 5.74. The third-order valence-electron chi connectivity index (χ3n) is 1.68. The summed E-state index contributed by atoms with van der Waals surface area (Å²) in [6.45, 7) is 3.96. The van der Waals surface area contributed by atoms with Gasteiger partial charge in [0.2, 0.25) is 0 Å². The van der Waals surface area contributed by atoms with Crippen LogP contribution in [0.15, 0.2) is 17.0 Å². The van der Waals surface area contributed by atoms with E-state index in [2.05, 4.69) is 15.0 Å². The summed E-state index contributed by atoms with van der Waals surface area (Å²) in [5, 5.41) is 6.23. The monoisotopic (exact) mass is 168 g/mol. The summed E-state index contributed by atoms with van der Waals surface area (Å²) in [5.41, 5.74) is 0.468. The molecule has 1 atom stereocenters. The van der Waals surface area contributed by atoms with Crippen molar-refractivity contribution in [3.8, 4) is 0 Å². The zero-order valence-electron chi connectivity index (χ0n) is 7.20. The number of nitrogens with zero attached hydrogens (tertiary/aromatic N) is 1. The van der Waals surface area contributed by atoms with E-state index in [1.54, 1.807) is 0 Å². The lowest BCUT2D eigenvalue weighted by molar-refractivity contribution is 0.0938. The average Bonchev–Trinajstić information content (AvgIpc) is 2.56. The molecular weight excluding hydrogens is 156 g/mol. The van der Waals surface area contributed by atoms with Crippen LogP contribution < -0.4 is 5.32 Å². The third kappa shape index (κ3) is 2.08. The number of hydrogen-bond donors (Lipinski definition) is 1. The van der Waals surface area contributed by atoms with Gasteiger partial charge in [0.15, 0.2) is 0 Å². The standard InChI is InChI=1S/C8H12N2O2/c1-3-6(2)10-8(11)7-4-9-12-5-7/h4-6H,3H2,1-2H3,(H,10,11). The lowest BCUT2D eigenvalue weighted by Crippen LogP contribution is -2.31. The number of aromatic nitrogens is 1. The predicted octanol–water partition coefficient (Wildman–Crippen LogP) is 1.20. The lowest BCUT2D eigenvalue weighted by atomic mass is 10.2. The van der Waals surface area contributed by atoms with Crippen LogP contribution in [0.4, 0.5) is 0 Å². The van der Waals surface area contributed by atoms with E-state index in [9.17, 15) is 4.79 Å². The molecule has 1 unspecified atom stereocenters. The highest BCUT2D eigenvalue weighted by molar-refractivity contribution is 5.93. The largest absolute Gasteiger partial charge is 0.364 e. The van der Waals surface area contributed by atoms with E-state index in [4.69, 9.17) is 0 Å². The Morgan fingerprint density at radius 3 is 3.08 bits per heavy atom. The van der Waals surface area contributed by atoms with Crippen LogP contribution in [-0.4, -0.2) is 17.1 Å². The van der Waals surface area contributed by atoms with Crippen molar-refractivity contribution in [2.24, 2.45) is 0 Å². The number of carbonyl (C=O) groups excluding carboxylic acids is 1. The van der Waals surface area contributed by atoms with Crippen LogP contribution >= 0.6 is 0 Å². The van der Waals surface area contributed by atoms with Gasteiger partial charge in [-0.2, -0.15) is 0 Å². The molecule has 1 rings (SSSR count). The number of amides is 1. The van der Waals surface area contributed by atoms with E-state index in [0.717, 1.165) is 6.42 Å². The van der Waals surface area contributed by atoms with Crippen LogP contribution in [0, 0.1) is 0 Å². The molecule has 1 aromatic rings. The normalized spacial score (nSPS) is 12.5. The molecule has 0 fully saturated rings. The van der Waals surface area contributed by atoms with Gasteiger partial charge in [0.05, 0.1) is 11.8 Å².